The third-order valence-corrected chi connectivity index (χ3v) is 4.20. The molecule has 1 atom stereocenters. The Labute approximate surface area is 166 Å². The molecule has 0 saturated heterocycles. The predicted molar refractivity (Wildman–Crippen MR) is 108 cm³/mol. The zero-order valence-corrected chi connectivity index (χ0v) is 16.1. The Morgan fingerprint density at radius 2 is 1.79 bits per heavy atom. The number of hydrogen-bond donors (Lipinski definition) is 2. The molecule has 1 aromatic heterocycles. The number of rotatable bonds is 7. The molecule has 0 radical (unpaired) electrons. The van der Waals surface area contributed by atoms with Gasteiger partial charge in [-0.15, -0.1) is 0 Å². The Hall–Kier alpha value is -3.68. The Morgan fingerprint density at radius 1 is 1.10 bits per heavy atom. The van der Waals surface area contributed by atoms with Crippen LogP contribution in [-0.2, 0) is 20.7 Å². The average molecular weight is 395 g/mol. The zero-order valence-electron chi connectivity index (χ0n) is 16.1. The number of fused-ring (bicyclic) bond motifs is 1. The van der Waals surface area contributed by atoms with Crippen molar-refractivity contribution in [1.29, 1.82) is 0 Å². The number of nitrogens with one attached hydrogen (secondary N) is 2. The van der Waals surface area contributed by atoms with Gasteiger partial charge in [0.15, 0.2) is 6.10 Å². The maximum absolute atomic E-state index is 12.3. The topological polar surface area (TPSA) is 110 Å². The highest BCUT2D eigenvalue weighted by Crippen LogP contribution is 2.16. The number of aromatic nitrogens is 2. The molecule has 1 amide bonds. The lowest BCUT2D eigenvalue weighted by molar-refractivity contribution is -0.152. The molecule has 3 aromatic rings. The van der Waals surface area contributed by atoms with Crippen LogP contribution in [0, 0.1) is 0 Å². The van der Waals surface area contributed by atoms with Gasteiger partial charge in [0, 0.05) is 11.1 Å². The summed E-state index contributed by atoms with van der Waals surface area (Å²) in [5, 5.41) is 9.99. The number of amides is 1. The molecule has 0 fully saturated rings. The number of ether oxygens (including phenoxy) is 2. The molecule has 29 heavy (non-hydrogen) atoms. The van der Waals surface area contributed by atoms with Gasteiger partial charge < -0.3 is 14.8 Å². The summed E-state index contributed by atoms with van der Waals surface area (Å²) in [6.07, 6.45) is -1.17. The van der Waals surface area contributed by atoms with Gasteiger partial charge in [0.1, 0.15) is 5.75 Å². The van der Waals surface area contributed by atoms with Crippen molar-refractivity contribution in [2.75, 3.05) is 11.9 Å². The van der Waals surface area contributed by atoms with Crippen LogP contribution < -0.4 is 15.6 Å². The maximum atomic E-state index is 12.3. The van der Waals surface area contributed by atoms with Crippen molar-refractivity contribution >= 4 is 28.3 Å². The molecule has 0 saturated carbocycles. The predicted octanol–water partition coefficient (Wildman–Crippen LogP) is 2.43. The highest BCUT2D eigenvalue weighted by atomic mass is 16.5. The number of carbonyl (C=O) groups excluding carboxylic acids is 2. The van der Waals surface area contributed by atoms with E-state index in [2.05, 4.69) is 15.5 Å². The number of carbonyl (C=O) groups is 2. The SMILES string of the molecule is CCOc1ccc(NC(=O)[C@@H](C)OC(=O)Cc2n[nH]c(=O)c3ccccc23)cc1. The number of aromatic amines is 1. The smallest absolute Gasteiger partial charge is 0.312 e. The van der Waals surface area contributed by atoms with Gasteiger partial charge >= 0.3 is 5.97 Å². The minimum atomic E-state index is -0.997. The third-order valence-electron chi connectivity index (χ3n) is 4.20. The lowest BCUT2D eigenvalue weighted by Gasteiger charge is -2.14. The quantitative estimate of drug-likeness (QED) is 0.595. The molecule has 0 aliphatic rings. The van der Waals surface area contributed by atoms with E-state index in [-0.39, 0.29) is 12.0 Å². The minimum absolute atomic E-state index is 0.169. The summed E-state index contributed by atoms with van der Waals surface area (Å²) in [5.74, 6) is -0.378. The van der Waals surface area contributed by atoms with Crippen molar-refractivity contribution in [2.24, 2.45) is 0 Å². The van der Waals surface area contributed by atoms with Crippen molar-refractivity contribution in [3.63, 3.8) is 0 Å². The van der Waals surface area contributed by atoms with Gasteiger partial charge in [-0.2, -0.15) is 5.10 Å². The van der Waals surface area contributed by atoms with E-state index in [4.69, 9.17) is 9.47 Å². The molecular weight excluding hydrogens is 374 g/mol. The third kappa shape index (κ3) is 4.98. The van der Waals surface area contributed by atoms with Crippen LogP contribution in [-0.4, -0.2) is 34.8 Å². The standard InChI is InChI=1S/C21H21N3O5/c1-3-28-15-10-8-14(9-11-15)22-20(26)13(2)29-19(25)12-18-16-6-4-5-7-17(16)21(27)24-23-18/h4-11,13H,3,12H2,1-2H3,(H,22,26)(H,24,27)/t13-/m1/s1. The van der Waals surface area contributed by atoms with Crippen LogP contribution in [0.5, 0.6) is 5.75 Å². The fourth-order valence-electron chi connectivity index (χ4n) is 2.78. The Balaban J connectivity index is 1.61. The second-order valence-corrected chi connectivity index (χ2v) is 6.30. The van der Waals surface area contributed by atoms with Crippen LogP contribution in [0.1, 0.15) is 19.5 Å². The maximum Gasteiger partial charge on any atom is 0.312 e. The van der Waals surface area contributed by atoms with Gasteiger partial charge in [-0.1, -0.05) is 18.2 Å². The first-order valence-corrected chi connectivity index (χ1v) is 9.17. The average Bonchev–Trinajstić information content (AvgIpc) is 2.72. The van der Waals surface area contributed by atoms with Crippen molar-refractivity contribution in [3.8, 4) is 5.75 Å². The van der Waals surface area contributed by atoms with Crippen molar-refractivity contribution in [1.82, 2.24) is 10.2 Å². The van der Waals surface area contributed by atoms with E-state index >= 15 is 0 Å². The first-order valence-electron chi connectivity index (χ1n) is 9.17. The van der Waals surface area contributed by atoms with E-state index in [0.29, 0.717) is 34.5 Å². The fourth-order valence-corrected chi connectivity index (χ4v) is 2.78. The van der Waals surface area contributed by atoms with Gasteiger partial charge in [-0.3, -0.25) is 14.4 Å². The molecule has 0 unspecified atom stereocenters. The first kappa shape index (κ1) is 20.1. The van der Waals surface area contributed by atoms with Crippen LogP contribution in [0.4, 0.5) is 5.69 Å². The van der Waals surface area contributed by atoms with Gasteiger partial charge in [-0.25, -0.2) is 5.10 Å². The fraction of sp³-hybridized carbons (Fsp3) is 0.238. The molecule has 8 nitrogen and oxygen atoms in total. The van der Waals surface area contributed by atoms with Crippen molar-refractivity contribution < 1.29 is 19.1 Å². The summed E-state index contributed by atoms with van der Waals surface area (Å²) < 4.78 is 10.6. The second-order valence-electron chi connectivity index (χ2n) is 6.30. The van der Waals surface area contributed by atoms with E-state index in [0.717, 1.165) is 0 Å². The summed E-state index contributed by atoms with van der Waals surface area (Å²) >= 11 is 0. The van der Waals surface area contributed by atoms with E-state index in [1.54, 1.807) is 48.5 Å². The second kappa shape index (κ2) is 9.01. The number of nitrogens with zero attached hydrogens (tertiary/aromatic N) is 1. The van der Waals surface area contributed by atoms with Crippen LogP contribution in [0.25, 0.3) is 10.8 Å². The number of anilines is 1. The normalized spacial score (nSPS) is 11.7. The van der Waals surface area contributed by atoms with Crippen LogP contribution in [0.2, 0.25) is 0 Å². The van der Waals surface area contributed by atoms with Crippen LogP contribution in [0.3, 0.4) is 0 Å². The molecule has 2 aromatic carbocycles. The Kier molecular flexibility index (Phi) is 6.23. The molecule has 0 aliphatic heterocycles. The lowest BCUT2D eigenvalue weighted by Crippen LogP contribution is -2.30. The summed E-state index contributed by atoms with van der Waals surface area (Å²) in [7, 11) is 0. The monoisotopic (exact) mass is 395 g/mol. The number of esters is 1. The Bertz CT molecular complexity index is 1080. The molecule has 0 bridgehead atoms. The molecule has 150 valence electrons. The number of benzene rings is 2. The summed E-state index contributed by atoms with van der Waals surface area (Å²) in [5.41, 5.74) is 0.611. The van der Waals surface area contributed by atoms with Crippen molar-refractivity contribution in [2.45, 2.75) is 26.4 Å². The van der Waals surface area contributed by atoms with E-state index in [9.17, 15) is 14.4 Å². The number of H-pyrrole nitrogens is 1. The van der Waals surface area contributed by atoms with Crippen LogP contribution in [0.15, 0.2) is 53.3 Å². The van der Waals surface area contributed by atoms with E-state index in [1.165, 1.54) is 6.92 Å². The van der Waals surface area contributed by atoms with E-state index < -0.39 is 18.0 Å². The molecule has 0 spiro atoms. The van der Waals surface area contributed by atoms with Gasteiger partial charge in [0.05, 0.1) is 24.1 Å². The lowest BCUT2D eigenvalue weighted by atomic mass is 10.1. The highest BCUT2D eigenvalue weighted by Gasteiger charge is 2.19. The minimum Gasteiger partial charge on any atom is -0.494 e. The van der Waals surface area contributed by atoms with Crippen LogP contribution >= 0.6 is 0 Å². The molecule has 0 aliphatic carbocycles. The van der Waals surface area contributed by atoms with Gasteiger partial charge in [-0.05, 0) is 44.2 Å². The summed E-state index contributed by atoms with van der Waals surface area (Å²) in [6.45, 7) is 3.93. The van der Waals surface area contributed by atoms with Gasteiger partial charge in [0.25, 0.3) is 11.5 Å². The van der Waals surface area contributed by atoms with Crippen molar-refractivity contribution in [3.05, 3.63) is 64.6 Å². The van der Waals surface area contributed by atoms with E-state index in [1.807, 2.05) is 6.92 Å². The Morgan fingerprint density at radius 3 is 2.48 bits per heavy atom. The molecule has 3 rings (SSSR count). The molecule has 8 heteroatoms. The molecular formula is C21H21N3O5. The van der Waals surface area contributed by atoms with Gasteiger partial charge in [0.2, 0.25) is 0 Å². The zero-order chi connectivity index (χ0) is 20.8. The molecule has 2 N–H and O–H groups in total. The highest BCUT2D eigenvalue weighted by molar-refractivity contribution is 5.95. The summed E-state index contributed by atoms with van der Waals surface area (Å²) in [4.78, 5) is 36.4. The largest absolute Gasteiger partial charge is 0.494 e. The number of hydrogen-bond acceptors (Lipinski definition) is 6. The first-order chi connectivity index (χ1) is 14.0. The molecule has 1 heterocycles. The summed E-state index contributed by atoms with van der Waals surface area (Å²) in [6, 6.07) is 13.7.